The molecule has 19 heavy (non-hydrogen) atoms. The zero-order valence-corrected chi connectivity index (χ0v) is 11.4. The average molecular weight is 262 g/mol. The summed E-state index contributed by atoms with van der Waals surface area (Å²) in [4.78, 5) is 12.5. The van der Waals surface area contributed by atoms with Crippen LogP contribution in [-0.4, -0.2) is 26.1 Å². The molecule has 0 aliphatic heterocycles. The van der Waals surface area contributed by atoms with Crippen molar-refractivity contribution in [3.05, 3.63) is 29.8 Å². The summed E-state index contributed by atoms with van der Waals surface area (Å²) >= 11 is 0. The molecule has 1 aromatic carbocycles. The van der Waals surface area contributed by atoms with Crippen molar-refractivity contribution in [3.63, 3.8) is 0 Å². The van der Waals surface area contributed by atoms with Gasteiger partial charge in [-0.2, -0.15) is 0 Å². The number of ether oxygens (including phenoxy) is 1. The van der Waals surface area contributed by atoms with Gasteiger partial charge in [-0.3, -0.25) is 4.79 Å². The van der Waals surface area contributed by atoms with Crippen LogP contribution in [0.25, 0.3) is 0 Å². The highest BCUT2D eigenvalue weighted by Crippen LogP contribution is 2.47. The van der Waals surface area contributed by atoms with E-state index in [1.54, 1.807) is 7.11 Å². The summed E-state index contributed by atoms with van der Waals surface area (Å²) in [5.74, 6) is 0.910. The first-order chi connectivity index (χ1) is 9.24. The van der Waals surface area contributed by atoms with Crippen molar-refractivity contribution in [2.75, 3.05) is 20.2 Å². The van der Waals surface area contributed by atoms with Crippen molar-refractivity contribution in [1.29, 1.82) is 0 Å². The fourth-order valence-electron chi connectivity index (χ4n) is 2.66. The number of amides is 1. The molecule has 0 radical (unpaired) electrons. The highest BCUT2D eigenvalue weighted by molar-refractivity contribution is 5.90. The Morgan fingerprint density at radius 1 is 1.42 bits per heavy atom. The summed E-state index contributed by atoms with van der Waals surface area (Å²) in [6.45, 7) is 1.24. The third-order valence-electron chi connectivity index (χ3n) is 3.93. The van der Waals surface area contributed by atoms with Crippen molar-refractivity contribution in [3.8, 4) is 5.75 Å². The molecule has 1 aromatic rings. The number of hydrogen-bond donors (Lipinski definition) is 2. The minimum absolute atomic E-state index is 0.108. The van der Waals surface area contributed by atoms with E-state index >= 15 is 0 Å². The zero-order chi connectivity index (χ0) is 13.7. The number of nitrogens with one attached hydrogen (secondary N) is 1. The molecule has 0 aromatic heterocycles. The normalized spacial score (nSPS) is 16.5. The number of nitrogens with two attached hydrogens (primary N) is 1. The molecule has 1 aliphatic carbocycles. The van der Waals surface area contributed by atoms with E-state index in [0.717, 1.165) is 37.0 Å². The molecule has 3 N–H and O–H groups in total. The van der Waals surface area contributed by atoms with Crippen LogP contribution in [0, 0.1) is 0 Å². The molecule has 0 heterocycles. The number of rotatable bonds is 6. The van der Waals surface area contributed by atoms with Crippen molar-refractivity contribution >= 4 is 5.91 Å². The number of methoxy groups -OCH3 is 1. The summed E-state index contributed by atoms with van der Waals surface area (Å²) in [6, 6.07) is 7.81. The van der Waals surface area contributed by atoms with Crippen molar-refractivity contribution < 1.29 is 9.53 Å². The lowest BCUT2D eigenvalue weighted by Gasteiger charge is -2.41. The van der Waals surface area contributed by atoms with Crippen molar-refractivity contribution in [2.24, 2.45) is 5.73 Å². The second-order valence-corrected chi connectivity index (χ2v) is 5.03. The summed E-state index contributed by atoms with van der Waals surface area (Å²) in [5.41, 5.74) is 6.06. The number of carbonyl (C=O) groups is 1. The Labute approximate surface area is 114 Å². The van der Waals surface area contributed by atoms with Gasteiger partial charge < -0.3 is 15.8 Å². The van der Waals surface area contributed by atoms with Crippen LogP contribution >= 0.6 is 0 Å². The van der Waals surface area contributed by atoms with Gasteiger partial charge in [0.2, 0.25) is 5.91 Å². The van der Waals surface area contributed by atoms with E-state index in [4.69, 9.17) is 10.5 Å². The number of para-hydroxylation sites is 1. The molecule has 0 unspecified atom stereocenters. The summed E-state index contributed by atoms with van der Waals surface area (Å²) in [5, 5.41) is 3.00. The third-order valence-corrected chi connectivity index (χ3v) is 3.93. The molecule has 104 valence electrons. The van der Waals surface area contributed by atoms with E-state index in [1.165, 1.54) is 0 Å². The van der Waals surface area contributed by atoms with Gasteiger partial charge >= 0.3 is 0 Å². The first kappa shape index (κ1) is 13.9. The average Bonchev–Trinajstić information content (AvgIpc) is 2.38. The van der Waals surface area contributed by atoms with Crippen LogP contribution in [0.1, 0.15) is 31.2 Å². The van der Waals surface area contributed by atoms with Gasteiger partial charge in [0.15, 0.2) is 0 Å². The maximum absolute atomic E-state index is 12.5. The lowest BCUT2D eigenvalue weighted by atomic mass is 9.63. The maximum Gasteiger partial charge on any atom is 0.230 e. The van der Waals surface area contributed by atoms with Crippen molar-refractivity contribution in [2.45, 2.75) is 31.1 Å². The lowest BCUT2D eigenvalue weighted by molar-refractivity contribution is -0.130. The minimum atomic E-state index is -0.402. The first-order valence-electron chi connectivity index (χ1n) is 6.86. The van der Waals surface area contributed by atoms with Crippen LogP contribution in [0.4, 0.5) is 0 Å². The Bertz CT molecular complexity index is 442. The quantitative estimate of drug-likeness (QED) is 0.765. The molecular weight excluding hydrogens is 240 g/mol. The number of benzene rings is 1. The van der Waals surface area contributed by atoms with E-state index in [-0.39, 0.29) is 5.91 Å². The van der Waals surface area contributed by atoms with E-state index in [0.29, 0.717) is 13.1 Å². The Morgan fingerprint density at radius 3 is 2.74 bits per heavy atom. The second-order valence-electron chi connectivity index (χ2n) is 5.03. The molecule has 4 nitrogen and oxygen atoms in total. The topological polar surface area (TPSA) is 64.3 Å². The summed E-state index contributed by atoms with van der Waals surface area (Å²) < 4.78 is 5.40. The molecule has 1 aliphatic rings. The largest absolute Gasteiger partial charge is 0.496 e. The molecular formula is C15H22N2O2. The van der Waals surface area contributed by atoms with Crippen LogP contribution in [0.3, 0.4) is 0 Å². The van der Waals surface area contributed by atoms with Gasteiger partial charge in [0.05, 0.1) is 12.5 Å². The smallest absolute Gasteiger partial charge is 0.230 e. The Hall–Kier alpha value is -1.55. The predicted molar refractivity (Wildman–Crippen MR) is 75.2 cm³/mol. The summed E-state index contributed by atoms with van der Waals surface area (Å²) in [7, 11) is 1.65. The Kier molecular flexibility index (Phi) is 4.43. The monoisotopic (exact) mass is 262 g/mol. The van der Waals surface area contributed by atoms with Gasteiger partial charge in [-0.25, -0.2) is 0 Å². The van der Waals surface area contributed by atoms with Crippen LogP contribution in [0.2, 0.25) is 0 Å². The molecule has 1 fully saturated rings. The molecule has 0 saturated heterocycles. The number of hydrogen-bond acceptors (Lipinski definition) is 3. The van der Waals surface area contributed by atoms with Gasteiger partial charge in [0, 0.05) is 12.1 Å². The van der Waals surface area contributed by atoms with E-state index in [2.05, 4.69) is 5.32 Å². The van der Waals surface area contributed by atoms with Gasteiger partial charge in [-0.1, -0.05) is 24.6 Å². The highest BCUT2D eigenvalue weighted by atomic mass is 16.5. The fraction of sp³-hybridized carbons (Fsp3) is 0.533. The SMILES string of the molecule is COc1ccccc1C1(C(=O)NCCCN)CCC1. The van der Waals surface area contributed by atoms with E-state index in [9.17, 15) is 4.79 Å². The van der Waals surface area contributed by atoms with Crippen LogP contribution < -0.4 is 15.8 Å². The van der Waals surface area contributed by atoms with Gasteiger partial charge in [0.25, 0.3) is 0 Å². The maximum atomic E-state index is 12.5. The van der Waals surface area contributed by atoms with E-state index < -0.39 is 5.41 Å². The lowest BCUT2D eigenvalue weighted by Crippen LogP contribution is -2.49. The van der Waals surface area contributed by atoms with E-state index in [1.807, 2.05) is 24.3 Å². The van der Waals surface area contributed by atoms with Gasteiger partial charge in [0.1, 0.15) is 5.75 Å². The van der Waals surface area contributed by atoms with Crippen LogP contribution in [0.5, 0.6) is 5.75 Å². The van der Waals surface area contributed by atoms with Gasteiger partial charge in [-0.15, -0.1) is 0 Å². The molecule has 2 rings (SSSR count). The molecule has 0 spiro atoms. The fourth-order valence-corrected chi connectivity index (χ4v) is 2.66. The van der Waals surface area contributed by atoms with Crippen LogP contribution in [0.15, 0.2) is 24.3 Å². The molecule has 1 saturated carbocycles. The predicted octanol–water partition coefficient (Wildman–Crippen LogP) is 1.58. The third kappa shape index (κ3) is 2.59. The molecule has 1 amide bonds. The van der Waals surface area contributed by atoms with Crippen molar-refractivity contribution in [1.82, 2.24) is 5.32 Å². The number of carbonyl (C=O) groups excluding carboxylic acids is 1. The Morgan fingerprint density at radius 2 is 2.16 bits per heavy atom. The molecule has 0 bridgehead atoms. The first-order valence-corrected chi connectivity index (χ1v) is 6.86. The molecule has 4 heteroatoms. The summed E-state index contributed by atoms with van der Waals surface area (Å²) in [6.07, 6.45) is 3.68. The zero-order valence-electron chi connectivity index (χ0n) is 11.4. The second kappa shape index (κ2) is 6.06. The van der Waals surface area contributed by atoms with Gasteiger partial charge in [-0.05, 0) is 31.9 Å². The molecule has 0 atom stereocenters. The Balaban J connectivity index is 2.20. The standard InChI is InChI=1S/C15H22N2O2/c1-19-13-7-3-2-6-12(13)15(8-4-9-15)14(18)17-11-5-10-16/h2-3,6-7H,4-5,8-11,16H2,1H3,(H,17,18). The van der Waals surface area contributed by atoms with Crippen LogP contribution in [-0.2, 0) is 10.2 Å². The highest BCUT2D eigenvalue weighted by Gasteiger charge is 2.46. The minimum Gasteiger partial charge on any atom is -0.496 e.